The molecular weight excluding hydrogens is 353 g/mol. The zero-order valence-electron chi connectivity index (χ0n) is 13.4. The quantitative estimate of drug-likeness (QED) is 0.646. The van der Waals surface area contributed by atoms with Gasteiger partial charge in [-0.25, -0.2) is 4.79 Å². The highest BCUT2D eigenvalue weighted by atomic mass is 19.4. The number of carbonyl (C=O) groups is 3. The molecule has 0 aromatic heterocycles. The zero-order valence-corrected chi connectivity index (χ0v) is 13.4. The van der Waals surface area contributed by atoms with E-state index in [-0.39, 0.29) is 16.9 Å². The molecule has 0 saturated heterocycles. The van der Waals surface area contributed by atoms with E-state index in [1.165, 1.54) is 37.4 Å². The summed E-state index contributed by atoms with van der Waals surface area (Å²) >= 11 is 0. The number of methoxy groups -OCH3 is 1. The van der Waals surface area contributed by atoms with Crippen LogP contribution >= 0.6 is 0 Å². The molecule has 0 fully saturated rings. The molecule has 2 amide bonds. The fraction of sp³-hybridized carbons (Fsp3) is 0.118. The molecule has 26 heavy (non-hydrogen) atoms. The van der Waals surface area contributed by atoms with Gasteiger partial charge in [0.15, 0.2) is 0 Å². The summed E-state index contributed by atoms with van der Waals surface area (Å²) in [6, 6.07) is 9.42. The third kappa shape index (κ3) is 4.82. The Balaban J connectivity index is 2.02. The molecule has 0 aliphatic heterocycles. The van der Waals surface area contributed by atoms with Gasteiger partial charge in [-0.05, 0) is 42.5 Å². The first-order chi connectivity index (χ1) is 12.2. The van der Waals surface area contributed by atoms with Gasteiger partial charge in [-0.3, -0.25) is 9.59 Å². The summed E-state index contributed by atoms with van der Waals surface area (Å²) in [6.45, 7) is 0. The minimum Gasteiger partial charge on any atom is -0.465 e. The van der Waals surface area contributed by atoms with E-state index >= 15 is 0 Å². The van der Waals surface area contributed by atoms with E-state index < -0.39 is 29.5 Å². The van der Waals surface area contributed by atoms with Crippen molar-refractivity contribution < 1.29 is 32.3 Å². The number of amides is 2. The van der Waals surface area contributed by atoms with Gasteiger partial charge in [0.25, 0.3) is 0 Å². The lowest BCUT2D eigenvalue weighted by Gasteiger charge is -2.10. The van der Waals surface area contributed by atoms with Crippen molar-refractivity contribution >= 4 is 29.2 Å². The number of rotatable bonds is 3. The van der Waals surface area contributed by atoms with Gasteiger partial charge in [0.1, 0.15) is 0 Å². The molecule has 0 heterocycles. The number of hydrogen-bond acceptors (Lipinski definition) is 4. The molecule has 0 saturated carbocycles. The standard InChI is InChI=1S/C17H13F3N2O4/c1-26-16(25)10-5-7-12(8-6-10)21-14(23)15(24)22-13-4-2-3-11(9-13)17(18,19)20/h2-9H,1H3,(H,21,23)(H,22,24). The van der Waals surface area contributed by atoms with E-state index in [0.717, 1.165) is 18.2 Å². The Morgan fingerprint density at radius 2 is 1.46 bits per heavy atom. The van der Waals surface area contributed by atoms with E-state index in [1.807, 2.05) is 0 Å². The molecule has 2 rings (SSSR count). The second-order valence-corrected chi connectivity index (χ2v) is 5.06. The topological polar surface area (TPSA) is 84.5 Å². The van der Waals surface area contributed by atoms with Crippen molar-refractivity contribution in [1.82, 2.24) is 0 Å². The third-order valence-corrected chi connectivity index (χ3v) is 3.22. The Kier molecular flexibility index (Phi) is 5.61. The molecule has 0 unspecified atom stereocenters. The predicted octanol–water partition coefficient (Wildman–Crippen LogP) is 3.07. The van der Waals surface area contributed by atoms with Gasteiger partial charge < -0.3 is 15.4 Å². The van der Waals surface area contributed by atoms with Crippen molar-refractivity contribution in [2.24, 2.45) is 0 Å². The largest absolute Gasteiger partial charge is 0.465 e. The monoisotopic (exact) mass is 366 g/mol. The first kappa shape index (κ1) is 19.0. The molecule has 9 heteroatoms. The van der Waals surface area contributed by atoms with E-state index in [9.17, 15) is 27.6 Å². The second-order valence-electron chi connectivity index (χ2n) is 5.06. The van der Waals surface area contributed by atoms with Crippen LogP contribution in [0.1, 0.15) is 15.9 Å². The summed E-state index contributed by atoms with van der Waals surface area (Å²) in [5, 5.41) is 4.35. The smallest absolute Gasteiger partial charge is 0.416 e. The fourth-order valence-corrected chi connectivity index (χ4v) is 1.96. The molecule has 136 valence electrons. The van der Waals surface area contributed by atoms with Crippen LogP contribution in [0, 0.1) is 0 Å². The second kappa shape index (κ2) is 7.68. The highest BCUT2D eigenvalue weighted by Gasteiger charge is 2.30. The molecule has 0 radical (unpaired) electrons. The van der Waals surface area contributed by atoms with Crippen LogP contribution in [-0.2, 0) is 20.5 Å². The SMILES string of the molecule is COC(=O)c1ccc(NC(=O)C(=O)Nc2cccc(C(F)(F)F)c2)cc1. The summed E-state index contributed by atoms with van der Waals surface area (Å²) < 4.78 is 42.4. The Morgan fingerprint density at radius 3 is 2.00 bits per heavy atom. The molecule has 2 aromatic rings. The van der Waals surface area contributed by atoms with Crippen molar-refractivity contribution in [1.29, 1.82) is 0 Å². The van der Waals surface area contributed by atoms with Crippen LogP contribution in [0.25, 0.3) is 0 Å². The molecule has 2 N–H and O–H groups in total. The van der Waals surface area contributed by atoms with E-state index in [4.69, 9.17) is 0 Å². The van der Waals surface area contributed by atoms with E-state index in [2.05, 4.69) is 15.4 Å². The van der Waals surface area contributed by atoms with Gasteiger partial charge in [0.2, 0.25) is 0 Å². The first-order valence-corrected chi connectivity index (χ1v) is 7.18. The molecule has 0 bridgehead atoms. The number of carbonyl (C=O) groups excluding carboxylic acids is 3. The van der Waals surface area contributed by atoms with Crippen LogP contribution in [0.15, 0.2) is 48.5 Å². The molecule has 2 aromatic carbocycles. The number of anilines is 2. The van der Waals surface area contributed by atoms with Crippen molar-refractivity contribution in [3.05, 3.63) is 59.7 Å². The van der Waals surface area contributed by atoms with Gasteiger partial charge in [-0.2, -0.15) is 13.2 Å². The first-order valence-electron chi connectivity index (χ1n) is 7.18. The van der Waals surface area contributed by atoms with Gasteiger partial charge in [0, 0.05) is 11.4 Å². The number of alkyl halides is 3. The Hall–Kier alpha value is -3.36. The Morgan fingerprint density at radius 1 is 0.885 bits per heavy atom. The maximum Gasteiger partial charge on any atom is 0.416 e. The van der Waals surface area contributed by atoms with Crippen LogP contribution in [0.5, 0.6) is 0 Å². The van der Waals surface area contributed by atoms with Crippen LogP contribution < -0.4 is 10.6 Å². The van der Waals surface area contributed by atoms with Crippen molar-refractivity contribution in [2.75, 3.05) is 17.7 Å². The van der Waals surface area contributed by atoms with Crippen molar-refractivity contribution in [3.63, 3.8) is 0 Å². The number of nitrogens with one attached hydrogen (secondary N) is 2. The number of ether oxygens (including phenoxy) is 1. The maximum atomic E-state index is 12.6. The predicted molar refractivity (Wildman–Crippen MR) is 86.5 cm³/mol. The number of esters is 1. The molecule has 0 aliphatic carbocycles. The summed E-state index contributed by atoms with van der Waals surface area (Å²) in [4.78, 5) is 35.0. The van der Waals surface area contributed by atoms with Gasteiger partial charge in [-0.15, -0.1) is 0 Å². The number of hydrogen-bond donors (Lipinski definition) is 2. The lowest BCUT2D eigenvalue weighted by molar-refractivity contribution is -0.137. The summed E-state index contributed by atoms with van der Waals surface area (Å²) in [5.41, 5.74) is -0.643. The highest BCUT2D eigenvalue weighted by molar-refractivity contribution is 6.43. The average Bonchev–Trinajstić information content (AvgIpc) is 2.61. The van der Waals surface area contributed by atoms with Crippen LogP contribution in [0.4, 0.5) is 24.5 Å². The van der Waals surface area contributed by atoms with Crippen molar-refractivity contribution in [2.45, 2.75) is 6.18 Å². The molecule has 0 aliphatic rings. The summed E-state index contributed by atoms with van der Waals surface area (Å²) in [6.07, 6.45) is -4.57. The van der Waals surface area contributed by atoms with E-state index in [0.29, 0.717) is 0 Å². The van der Waals surface area contributed by atoms with Gasteiger partial charge in [0.05, 0.1) is 18.2 Å². The van der Waals surface area contributed by atoms with E-state index in [1.54, 1.807) is 0 Å². The van der Waals surface area contributed by atoms with Crippen LogP contribution in [0.3, 0.4) is 0 Å². The van der Waals surface area contributed by atoms with Crippen molar-refractivity contribution in [3.8, 4) is 0 Å². The highest BCUT2D eigenvalue weighted by Crippen LogP contribution is 2.30. The average molecular weight is 366 g/mol. The fourth-order valence-electron chi connectivity index (χ4n) is 1.96. The molecule has 6 nitrogen and oxygen atoms in total. The number of halogens is 3. The summed E-state index contributed by atoms with van der Waals surface area (Å²) in [5.74, 6) is -2.78. The van der Waals surface area contributed by atoms with Gasteiger partial charge in [-0.1, -0.05) is 6.07 Å². The number of benzene rings is 2. The Bertz CT molecular complexity index is 833. The molecular formula is C17H13F3N2O4. The third-order valence-electron chi connectivity index (χ3n) is 3.22. The van der Waals surface area contributed by atoms with Gasteiger partial charge >= 0.3 is 24.0 Å². The minimum absolute atomic E-state index is 0.166. The summed E-state index contributed by atoms with van der Waals surface area (Å²) in [7, 11) is 1.22. The maximum absolute atomic E-state index is 12.6. The lowest BCUT2D eigenvalue weighted by Crippen LogP contribution is -2.29. The zero-order chi connectivity index (χ0) is 19.3. The normalized spacial score (nSPS) is 10.8. The molecule has 0 atom stereocenters. The molecule has 0 spiro atoms. The van der Waals surface area contributed by atoms with Crippen LogP contribution in [-0.4, -0.2) is 24.9 Å². The van der Waals surface area contributed by atoms with Crippen LogP contribution in [0.2, 0.25) is 0 Å². The Labute approximate surface area is 146 Å². The minimum atomic E-state index is -4.57. The lowest BCUT2D eigenvalue weighted by atomic mass is 10.2.